The molecule has 2 fully saturated rings. The third-order valence-electron chi connectivity index (χ3n) is 5.48. The van der Waals surface area contributed by atoms with Crippen molar-refractivity contribution >= 4 is 11.8 Å². The zero-order valence-corrected chi connectivity index (χ0v) is 15.2. The zero-order valence-electron chi connectivity index (χ0n) is 15.2. The van der Waals surface area contributed by atoms with E-state index in [9.17, 15) is 9.59 Å². The maximum absolute atomic E-state index is 12.9. The molecule has 1 heterocycles. The number of benzene rings is 1. The number of hydrogen-bond acceptors (Lipinski definition) is 3. The molecule has 1 N–H and O–H groups in total. The highest BCUT2D eigenvalue weighted by atomic mass is 16.5. The first-order chi connectivity index (χ1) is 12.0. The summed E-state index contributed by atoms with van der Waals surface area (Å²) < 4.78 is 5.46. The van der Waals surface area contributed by atoms with E-state index in [2.05, 4.69) is 5.32 Å². The second-order valence-corrected chi connectivity index (χ2v) is 7.29. The van der Waals surface area contributed by atoms with Crippen LogP contribution in [0.2, 0.25) is 0 Å². The molecule has 1 saturated carbocycles. The minimum absolute atomic E-state index is 0.00353. The van der Waals surface area contributed by atoms with Crippen molar-refractivity contribution in [1.29, 1.82) is 0 Å². The summed E-state index contributed by atoms with van der Waals surface area (Å²) in [7, 11) is 0. The van der Waals surface area contributed by atoms with Gasteiger partial charge in [0.2, 0.25) is 11.8 Å². The second-order valence-electron chi connectivity index (χ2n) is 7.29. The van der Waals surface area contributed by atoms with Gasteiger partial charge < -0.3 is 15.0 Å². The molecule has 1 aliphatic heterocycles. The Morgan fingerprint density at radius 3 is 2.60 bits per heavy atom. The number of amides is 2. The van der Waals surface area contributed by atoms with Gasteiger partial charge in [-0.15, -0.1) is 0 Å². The molecule has 1 unspecified atom stereocenters. The second kappa shape index (κ2) is 7.46. The molecule has 0 spiro atoms. The summed E-state index contributed by atoms with van der Waals surface area (Å²) in [6.45, 7) is 4.94. The standard InChI is InChI=1S/C20H28N2O3/c1-3-25-17-10-8-15(9-11-17)14-22-18(23)12-13-20(22,2)19(24)21-16-6-4-5-7-16/h8-11,16H,3-7,12-14H2,1-2H3,(H,21,24). The lowest BCUT2D eigenvalue weighted by Gasteiger charge is -2.35. The molecular formula is C20H28N2O3. The number of rotatable bonds is 6. The highest BCUT2D eigenvalue weighted by Crippen LogP contribution is 2.33. The Morgan fingerprint density at radius 2 is 1.96 bits per heavy atom. The van der Waals surface area contributed by atoms with Crippen molar-refractivity contribution in [2.75, 3.05) is 6.61 Å². The summed E-state index contributed by atoms with van der Waals surface area (Å²) in [5.41, 5.74) is 0.261. The van der Waals surface area contributed by atoms with Gasteiger partial charge in [-0.3, -0.25) is 9.59 Å². The lowest BCUT2D eigenvalue weighted by molar-refractivity contribution is -0.141. The van der Waals surface area contributed by atoms with Gasteiger partial charge >= 0.3 is 0 Å². The molecule has 136 valence electrons. The van der Waals surface area contributed by atoms with Crippen molar-refractivity contribution in [3.63, 3.8) is 0 Å². The first kappa shape index (κ1) is 17.8. The fraction of sp³-hybridized carbons (Fsp3) is 0.600. The molecule has 0 bridgehead atoms. The number of nitrogens with one attached hydrogen (secondary N) is 1. The quantitative estimate of drug-likeness (QED) is 0.863. The first-order valence-electron chi connectivity index (χ1n) is 9.36. The number of carbonyl (C=O) groups excluding carboxylic acids is 2. The Balaban J connectivity index is 1.70. The molecule has 2 amide bonds. The summed E-state index contributed by atoms with van der Waals surface area (Å²) >= 11 is 0. The van der Waals surface area contributed by atoms with Gasteiger partial charge in [-0.05, 0) is 50.8 Å². The van der Waals surface area contributed by atoms with E-state index >= 15 is 0 Å². The van der Waals surface area contributed by atoms with Crippen LogP contribution in [0.4, 0.5) is 0 Å². The molecule has 3 rings (SSSR count). The Bertz CT molecular complexity index is 622. The average Bonchev–Trinajstić information content (AvgIpc) is 3.21. The van der Waals surface area contributed by atoms with Crippen LogP contribution in [0.1, 0.15) is 57.9 Å². The van der Waals surface area contributed by atoms with Crippen LogP contribution in [-0.2, 0) is 16.1 Å². The van der Waals surface area contributed by atoms with E-state index < -0.39 is 5.54 Å². The Labute approximate surface area is 149 Å². The fourth-order valence-electron chi connectivity index (χ4n) is 3.85. The molecule has 1 aliphatic carbocycles. The summed E-state index contributed by atoms with van der Waals surface area (Å²) in [6.07, 6.45) is 5.48. The number of nitrogens with zero attached hydrogens (tertiary/aromatic N) is 1. The smallest absolute Gasteiger partial charge is 0.245 e. The maximum Gasteiger partial charge on any atom is 0.245 e. The molecule has 1 atom stereocenters. The van der Waals surface area contributed by atoms with Crippen molar-refractivity contribution in [3.05, 3.63) is 29.8 Å². The third-order valence-corrected chi connectivity index (χ3v) is 5.48. The first-order valence-corrected chi connectivity index (χ1v) is 9.36. The minimum Gasteiger partial charge on any atom is -0.494 e. The Kier molecular flexibility index (Phi) is 5.30. The van der Waals surface area contributed by atoms with Gasteiger partial charge in [0.15, 0.2) is 0 Å². The minimum atomic E-state index is -0.752. The van der Waals surface area contributed by atoms with Gasteiger partial charge in [-0.1, -0.05) is 25.0 Å². The highest BCUT2D eigenvalue weighted by molar-refractivity contribution is 5.94. The number of ether oxygens (including phenoxy) is 1. The molecule has 5 nitrogen and oxygen atoms in total. The van der Waals surface area contributed by atoms with E-state index in [1.807, 2.05) is 38.1 Å². The Morgan fingerprint density at radius 1 is 1.28 bits per heavy atom. The van der Waals surface area contributed by atoms with Crippen LogP contribution in [-0.4, -0.2) is 34.9 Å². The topological polar surface area (TPSA) is 58.6 Å². The van der Waals surface area contributed by atoms with Gasteiger partial charge in [-0.25, -0.2) is 0 Å². The van der Waals surface area contributed by atoms with E-state index in [-0.39, 0.29) is 17.9 Å². The van der Waals surface area contributed by atoms with Crippen molar-refractivity contribution < 1.29 is 14.3 Å². The number of hydrogen-bond donors (Lipinski definition) is 1. The van der Waals surface area contributed by atoms with Crippen molar-refractivity contribution in [1.82, 2.24) is 10.2 Å². The molecule has 0 aromatic heterocycles. The number of carbonyl (C=O) groups is 2. The maximum atomic E-state index is 12.9. The van der Waals surface area contributed by atoms with Gasteiger partial charge in [0.25, 0.3) is 0 Å². The molecule has 1 saturated heterocycles. The molecule has 5 heteroatoms. The van der Waals surface area contributed by atoms with E-state index in [4.69, 9.17) is 4.74 Å². The summed E-state index contributed by atoms with van der Waals surface area (Å²) in [4.78, 5) is 27.1. The van der Waals surface area contributed by atoms with E-state index in [0.717, 1.165) is 24.2 Å². The van der Waals surface area contributed by atoms with Crippen LogP contribution in [0.5, 0.6) is 5.75 Å². The molecule has 25 heavy (non-hydrogen) atoms. The van der Waals surface area contributed by atoms with E-state index in [1.54, 1.807) is 4.90 Å². The average molecular weight is 344 g/mol. The number of likely N-dealkylation sites (tertiary alicyclic amines) is 1. The lowest BCUT2D eigenvalue weighted by atomic mass is 9.96. The van der Waals surface area contributed by atoms with Crippen LogP contribution < -0.4 is 10.1 Å². The summed E-state index contributed by atoms with van der Waals surface area (Å²) in [6, 6.07) is 8.02. The predicted molar refractivity (Wildman–Crippen MR) is 96.2 cm³/mol. The SMILES string of the molecule is CCOc1ccc(CN2C(=O)CCC2(C)C(=O)NC2CCCC2)cc1. The molecule has 2 aliphatic rings. The fourth-order valence-corrected chi connectivity index (χ4v) is 3.85. The lowest BCUT2D eigenvalue weighted by Crippen LogP contribution is -2.55. The van der Waals surface area contributed by atoms with Crippen LogP contribution >= 0.6 is 0 Å². The van der Waals surface area contributed by atoms with Gasteiger partial charge in [0, 0.05) is 19.0 Å². The molecule has 1 aromatic rings. The van der Waals surface area contributed by atoms with Crippen LogP contribution in [0.15, 0.2) is 24.3 Å². The normalized spacial score (nSPS) is 23.9. The molecule has 0 radical (unpaired) electrons. The molecular weight excluding hydrogens is 316 g/mol. The van der Waals surface area contributed by atoms with Crippen molar-refractivity contribution in [3.8, 4) is 5.75 Å². The van der Waals surface area contributed by atoms with Gasteiger partial charge in [0.05, 0.1) is 6.61 Å². The van der Waals surface area contributed by atoms with Crippen LogP contribution in [0.3, 0.4) is 0 Å². The van der Waals surface area contributed by atoms with Crippen LogP contribution in [0, 0.1) is 0 Å². The highest BCUT2D eigenvalue weighted by Gasteiger charge is 2.47. The van der Waals surface area contributed by atoms with Gasteiger partial charge in [0.1, 0.15) is 11.3 Å². The van der Waals surface area contributed by atoms with E-state index in [0.29, 0.717) is 26.0 Å². The summed E-state index contributed by atoms with van der Waals surface area (Å²) in [5.74, 6) is 0.870. The van der Waals surface area contributed by atoms with Crippen molar-refractivity contribution in [2.24, 2.45) is 0 Å². The van der Waals surface area contributed by atoms with Gasteiger partial charge in [-0.2, -0.15) is 0 Å². The summed E-state index contributed by atoms with van der Waals surface area (Å²) in [5, 5.41) is 3.17. The predicted octanol–water partition coefficient (Wildman–Crippen LogP) is 3.03. The van der Waals surface area contributed by atoms with Crippen molar-refractivity contribution in [2.45, 2.75) is 70.5 Å². The molecule has 1 aromatic carbocycles. The monoisotopic (exact) mass is 344 g/mol. The largest absolute Gasteiger partial charge is 0.494 e. The van der Waals surface area contributed by atoms with E-state index in [1.165, 1.54) is 12.8 Å². The van der Waals surface area contributed by atoms with Crippen LogP contribution in [0.25, 0.3) is 0 Å². The Hall–Kier alpha value is -2.04. The third kappa shape index (κ3) is 3.80. The zero-order chi connectivity index (χ0) is 17.9.